The minimum atomic E-state index is -0.231. The first-order chi connectivity index (χ1) is 15.1. The number of nitrogens with zero attached hydrogens (tertiary/aromatic N) is 1. The van der Waals surface area contributed by atoms with Gasteiger partial charge in [0.05, 0.1) is 0 Å². The highest BCUT2D eigenvalue weighted by molar-refractivity contribution is 7.15. The number of hydrogen-bond acceptors (Lipinski definition) is 3. The van der Waals surface area contributed by atoms with Gasteiger partial charge in [0.25, 0.3) is 0 Å². The number of carbonyl (C=O) groups is 1. The predicted octanol–water partition coefficient (Wildman–Crippen LogP) is 6.34. The van der Waals surface area contributed by atoms with Crippen LogP contribution in [0, 0.1) is 12.7 Å². The number of carbonyl (C=O) groups excluding carboxylic acids is 1. The Labute approximate surface area is 185 Å². The molecule has 3 aromatic carbocycles. The molecule has 0 saturated heterocycles. The van der Waals surface area contributed by atoms with E-state index in [0.717, 1.165) is 16.0 Å². The van der Waals surface area contributed by atoms with E-state index in [1.165, 1.54) is 23.0 Å². The summed E-state index contributed by atoms with van der Waals surface area (Å²) in [5.41, 5.74) is 4.00. The van der Waals surface area contributed by atoms with Crippen LogP contribution in [0.5, 0.6) is 0 Å². The maximum atomic E-state index is 13.9. The second kappa shape index (κ2) is 9.67. The molecule has 0 radical (unpaired) electrons. The van der Waals surface area contributed by atoms with E-state index >= 15 is 0 Å². The summed E-state index contributed by atoms with van der Waals surface area (Å²) in [6.07, 6.45) is 2.47. The molecule has 0 fully saturated rings. The van der Waals surface area contributed by atoms with Crippen molar-refractivity contribution in [2.45, 2.75) is 25.7 Å². The standard InChI is InChI=1S/C26H23FN2OS/c1-18-11-13-20(14-12-18)23(19-7-3-2-4-8-19)16-25(30)29-26-28-17-22(31-26)15-21-9-5-6-10-24(21)27/h2-14,17,23H,15-16H2,1H3,(H,28,29,30). The molecule has 1 unspecified atom stereocenters. The van der Waals surface area contributed by atoms with Gasteiger partial charge in [-0.3, -0.25) is 4.79 Å². The highest BCUT2D eigenvalue weighted by Crippen LogP contribution is 2.29. The van der Waals surface area contributed by atoms with Crippen LogP contribution in [0.15, 0.2) is 85.1 Å². The molecule has 1 aromatic heterocycles. The second-order valence-corrected chi connectivity index (χ2v) is 8.64. The lowest BCUT2D eigenvalue weighted by atomic mass is 9.88. The zero-order valence-corrected chi connectivity index (χ0v) is 18.0. The smallest absolute Gasteiger partial charge is 0.227 e. The minimum absolute atomic E-state index is 0.0420. The van der Waals surface area contributed by atoms with Crippen LogP contribution in [-0.4, -0.2) is 10.9 Å². The lowest BCUT2D eigenvalue weighted by Crippen LogP contribution is -2.16. The summed E-state index contributed by atoms with van der Waals surface area (Å²) in [5.74, 6) is -0.369. The van der Waals surface area contributed by atoms with Gasteiger partial charge in [0.15, 0.2) is 5.13 Å². The quantitative estimate of drug-likeness (QED) is 0.372. The lowest BCUT2D eigenvalue weighted by Gasteiger charge is -2.17. The SMILES string of the molecule is Cc1ccc(C(CC(=O)Nc2ncc(Cc3ccccc3F)s2)c2ccccc2)cc1. The molecule has 4 aromatic rings. The first kappa shape index (κ1) is 20.9. The van der Waals surface area contributed by atoms with Gasteiger partial charge in [-0.25, -0.2) is 9.37 Å². The van der Waals surface area contributed by atoms with Crippen molar-refractivity contribution < 1.29 is 9.18 Å². The average Bonchev–Trinajstić information content (AvgIpc) is 3.22. The zero-order valence-electron chi connectivity index (χ0n) is 17.2. The molecule has 1 N–H and O–H groups in total. The first-order valence-corrected chi connectivity index (χ1v) is 11.0. The van der Waals surface area contributed by atoms with E-state index in [2.05, 4.69) is 41.5 Å². The molecule has 0 aliphatic rings. The van der Waals surface area contributed by atoms with Gasteiger partial charge in [0.2, 0.25) is 5.91 Å². The van der Waals surface area contributed by atoms with Crippen LogP contribution in [0.4, 0.5) is 9.52 Å². The van der Waals surface area contributed by atoms with Crippen molar-refractivity contribution in [1.29, 1.82) is 0 Å². The van der Waals surface area contributed by atoms with Crippen molar-refractivity contribution >= 4 is 22.4 Å². The van der Waals surface area contributed by atoms with Crippen LogP contribution in [0.25, 0.3) is 0 Å². The number of thiazole rings is 1. The number of aryl methyl sites for hydroxylation is 1. The Kier molecular flexibility index (Phi) is 6.53. The molecule has 4 rings (SSSR count). The molecular formula is C26H23FN2OS. The van der Waals surface area contributed by atoms with E-state index in [1.54, 1.807) is 18.3 Å². The molecule has 1 atom stereocenters. The predicted molar refractivity (Wildman–Crippen MR) is 124 cm³/mol. The number of aromatic nitrogens is 1. The van der Waals surface area contributed by atoms with E-state index in [-0.39, 0.29) is 17.6 Å². The summed E-state index contributed by atoms with van der Waals surface area (Å²) < 4.78 is 13.9. The summed E-state index contributed by atoms with van der Waals surface area (Å²) >= 11 is 1.38. The second-order valence-electron chi connectivity index (χ2n) is 7.53. The highest BCUT2D eigenvalue weighted by atomic mass is 32.1. The van der Waals surface area contributed by atoms with Crippen molar-refractivity contribution in [2.24, 2.45) is 0 Å². The van der Waals surface area contributed by atoms with Gasteiger partial charge < -0.3 is 5.32 Å². The molecule has 1 amide bonds. The Morgan fingerprint density at radius 2 is 1.65 bits per heavy atom. The van der Waals surface area contributed by atoms with Gasteiger partial charge in [0.1, 0.15) is 5.82 Å². The minimum Gasteiger partial charge on any atom is -0.302 e. The molecule has 0 aliphatic carbocycles. The van der Waals surface area contributed by atoms with Crippen LogP contribution < -0.4 is 5.32 Å². The Balaban J connectivity index is 1.46. The topological polar surface area (TPSA) is 42.0 Å². The van der Waals surface area contributed by atoms with Crippen molar-refractivity contribution in [3.05, 3.63) is 118 Å². The van der Waals surface area contributed by atoms with Crippen molar-refractivity contribution in [3.8, 4) is 0 Å². The van der Waals surface area contributed by atoms with Gasteiger partial charge in [-0.2, -0.15) is 0 Å². The molecule has 3 nitrogen and oxygen atoms in total. The highest BCUT2D eigenvalue weighted by Gasteiger charge is 2.19. The van der Waals surface area contributed by atoms with E-state index in [0.29, 0.717) is 23.5 Å². The van der Waals surface area contributed by atoms with Gasteiger partial charge in [0, 0.05) is 29.8 Å². The Morgan fingerprint density at radius 1 is 0.968 bits per heavy atom. The molecule has 1 heterocycles. The van der Waals surface area contributed by atoms with Crippen LogP contribution in [0.2, 0.25) is 0 Å². The summed E-state index contributed by atoms with van der Waals surface area (Å²) in [6, 6.07) is 25.1. The molecule has 0 bridgehead atoms. The van der Waals surface area contributed by atoms with Crippen molar-refractivity contribution in [3.63, 3.8) is 0 Å². The molecule has 0 saturated carbocycles. The van der Waals surface area contributed by atoms with E-state index in [9.17, 15) is 9.18 Å². The van der Waals surface area contributed by atoms with E-state index in [1.807, 2.05) is 36.4 Å². The summed E-state index contributed by atoms with van der Waals surface area (Å²) in [7, 11) is 0. The van der Waals surface area contributed by atoms with Crippen LogP contribution in [-0.2, 0) is 11.2 Å². The van der Waals surface area contributed by atoms with Gasteiger partial charge in [-0.15, -0.1) is 11.3 Å². The fourth-order valence-electron chi connectivity index (χ4n) is 3.54. The molecule has 5 heteroatoms. The van der Waals surface area contributed by atoms with Gasteiger partial charge >= 0.3 is 0 Å². The number of benzene rings is 3. The molecule has 156 valence electrons. The Morgan fingerprint density at radius 3 is 2.39 bits per heavy atom. The van der Waals surface area contributed by atoms with Crippen LogP contribution >= 0.6 is 11.3 Å². The Bertz CT molecular complexity index is 1160. The Hall–Kier alpha value is -3.31. The fourth-order valence-corrected chi connectivity index (χ4v) is 4.40. The third kappa shape index (κ3) is 5.44. The number of hydrogen-bond donors (Lipinski definition) is 1. The maximum Gasteiger partial charge on any atom is 0.227 e. The monoisotopic (exact) mass is 430 g/mol. The molecular weight excluding hydrogens is 407 g/mol. The van der Waals surface area contributed by atoms with Gasteiger partial charge in [-0.05, 0) is 29.7 Å². The number of anilines is 1. The van der Waals surface area contributed by atoms with E-state index < -0.39 is 0 Å². The average molecular weight is 431 g/mol. The van der Waals surface area contributed by atoms with E-state index in [4.69, 9.17) is 0 Å². The molecule has 0 spiro atoms. The third-order valence-electron chi connectivity index (χ3n) is 5.19. The van der Waals surface area contributed by atoms with Crippen molar-refractivity contribution in [2.75, 3.05) is 5.32 Å². The summed E-state index contributed by atoms with van der Waals surface area (Å²) in [6.45, 7) is 2.05. The van der Waals surface area contributed by atoms with Crippen molar-refractivity contribution in [1.82, 2.24) is 4.98 Å². The van der Waals surface area contributed by atoms with Crippen LogP contribution in [0.3, 0.4) is 0 Å². The lowest BCUT2D eigenvalue weighted by molar-refractivity contribution is -0.116. The van der Waals surface area contributed by atoms with Gasteiger partial charge in [-0.1, -0.05) is 78.4 Å². The summed E-state index contributed by atoms with van der Waals surface area (Å²) in [4.78, 5) is 18.1. The summed E-state index contributed by atoms with van der Waals surface area (Å²) in [5, 5.41) is 3.45. The normalized spacial score (nSPS) is 11.8. The molecule has 31 heavy (non-hydrogen) atoms. The first-order valence-electron chi connectivity index (χ1n) is 10.2. The number of rotatable bonds is 7. The fraction of sp³-hybridized carbons (Fsp3) is 0.154. The number of halogens is 1. The number of amides is 1. The maximum absolute atomic E-state index is 13.9. The largest absolute Gasteiger partial charge is 0.302 e. The molecule has 0 aliphatic heterocycles. The third-order valence-corrected chi connectivity index (χ3v) is 6.11. The number of nitrogens with one attached hydrogen (secondary N) is 1. The van der Waals surface area contributed by atoms with Crippen LogP contribution in [0.1, 0.15) is 39.5 Å². The zero-order chi connectivity index (χ0) is 21.6.